The van der Waals surface area contributed by atoms with Gasteiger partial charge in [0.25, 0.3) is 11.8 Å². The summed E-state index contributed by atoms with van der Waals surface area (Å²) in [4.78, 5) is 24.5. The summed E-state index contributed by atoms with van der Waals surface area (Å²) in [5, 5.41) is 6.94. The maximum absolute atomic E-state index is 12.4. The zero-order valence-corrected chi connectivity index (χ0v) is 21.8. The number of carbonyl (C=O) groups is 2. The Morgan fingerprint density at radius 3 is 2.28 bits per heavy atom. The molecule has 194 valence electrons. The zero-order valence-electron chi connectivity index (χ0n) is 21.0. The van der Waals surface area contributed by atoms with E-state index in [0.717, 1.165) is 47.4 Å². The Morgan fingerprint density at radius 2 is 1.67 bits per heavy atom. The van der Waals surface area contributed by atoms with Crippen LogP contribution in [0.3, 0.4) is 0 Å². The number of hydrogen-bond acceptors (Lipinski definition) is 6. The first-order valence-corrected chi connectivity index (χ1v) is 13.9. The molecule has 2 aromatic rings. The fraction of sp³-hybridized carbons (Fsp3) is 0.423. The van der Waals surface area contributed by atoms with Gasteiger partial charge in [-0.15, -0.1) is 0 Å². The van der Waals surface area contributed by atoms with Crippen molar-refractivity contribution in [3.05, 3.63) is 59.2 Å². The molecular formula is C26H34N4O5S. The van der Waals surface area contributed by atoms with Gasteiger partial charge in [0.1, 0.15) is 12.3 Å². The van der Waals surface area contributed by atoms with E-state index in [9.17, 15) is 18.0 Å². The molecule has 3 rings (SSSR count). The number of benzene rings is 2. The molecule has 0 aliphatic heterocycles. The van der Waals surface area contributed by atoms with E-state index in [1.165, 1.54) is 12.6 Å². The van der Waals surface area contributed by atoms with Crippen LogP contribution >= 0.6 is 0 Å². The molecule has 1 fully saturated rings. The number of hydrazone groups is 1. The minimum Gasteiger partial charge on any atom is -0.484 e. The Balaban J connectivity index is 1.50. The summed E-state index contributed by atoms with van der Waals surface area (Å²) in [6.45, 7) is 3.16. The second-order valence-electron chi connectivity index (χ2n) is 9.06. The zero-order chi connectivity index (χ0) is 26.1. The summed E-state index contributed by atoms with van der Waals surface area (Å²) >= 11 is 0. The summed E-state index contributed by atoms with van der Waals surface area (Å²) in [5.41, 5.74) is 5.07. The van der Waals surface area contributed by atoms with Crippen LogP contribution in [0.4, 0.5) is 5.69 Å². The molecule has 2 N–H and O–H groups in total. The van der Waals surface area contributed by atoms with Crippen LogP contribution in [0.15, 0.2) is 47.6 Å². The van der Waals surface area contributed by atoms with Crippen LogP contribution in [-0.4, -0.2) is 51.9 Å². The lowest BCUT2D eigenvalue weighted by molar-refractivity contribution is -0.124. The molecule has 0 heterocycles. The third kappa shape index (κ3) is 8.08. The van der Waals surface area contributed by atoms with E-state index in [4.69, 9.17) is 4.74 Å². The Labute approximate surface area is 213 Å². The SMILES string of the molecule is Cc1cccc(C)c1N(CC(=O)N/N=C\c1ccc(OCC(=O)NC2CCCCC2)cc1)S(C)(=O)=O. The number of sulfonamides is 1. The molecule has 0 aromatic heterocycles. The molecule has 0 radical (unpaired) electrons. The second-order valence-corrected chi connectivity index (χ2v) is 11.0. The number of nitrogens with zero attached hydrogens (tertiary/aromatic N) is 2. The number of carbonyl (C=O) groups excluding carboxylic acids is 2. The molecule has 1 aliphatic rings. The smallest absolute Gasteiger partial charge is 0.260 e. The highest BCUT2D eigenvalue weighted by Crippen LogP contribution is 2.26. The van der Waals surface area contributed by atoms with Crippen LogP contribution in [0.25, 0.3) is 0 Å². The van der Waals surface area contributed by atoms with Crippen molar-refractivity contribution < 1.29 is 22.7 Å². The minimum absolute atomic E-state index is 0.0445. The molecule has 0 spiro atoms. The van der Waals surface area contributed by atoms with Gasteiger partial charge in [-0.2, -0.15) is 5.10 Å². The molecule has 0 saturated heterocycles. The van der Waals surface area contributed by atoms with Crippen molar-refractivity contribution in [2.24, 2.45) is 5.10 Å². The van der Waals surface area contributed by atoms with E-state index in [1.54, 1.807) is 50.2 Å². The third-order valence-electron chi connectivity index (χ3n) is 6.00. The van der Waals surface area contributed by atoms with Gasteiger partial charge in [-0.05, 0) is 67.6 Å². The topological polar surface area (TPSA) is 117 Å². The number of hydrogen-bond donors (Lipinski definition) is 2. The molecular weight excluding hydrogens is 480 g/mol. The van der Waals surface area contributed by atoms with Crippen LogP contribution < -0.4 is 19.8 Å². The van der Waals surface area contributed by atoms with Crippen LogP contribution in [0.2, 0.25) is 0 Å². The van der Waals surface area contributed by atoms with Gasteiger partial charge < -0.3 is 10.1 Å². The Bertz CT molecular complexity index is 1170. The molecule has 36 heavy (non-hydrogen) atoms. The first-order valence-electron chi connectivity index (χ1n) is 12.0. The van der Waals surface area contributed by atoms with Crippen molar-refractivity contribution in [2.45, 2.75) is 52.0 Å². The standard InChI is InChI=1S/C26H34N4O5S/c1-19-8-7-9-20(2)26(19)30(36(3,33)34)17-24(31)29-27-16-21-12-14-23(15-13-21)35-18-25(32)28-22-10-5-4-6-11-22/h7-9,12-16,22H,4-6,10-11,17-18H2,1-3H3,(H,28,32)(H,29,31)/b27-16-. The first kappa shape index (κ1) is 27.2. The number of amides is 2. The number of anilines is 1. The van der Waals surface area contributed by atoms with Crippen molar-refractivity contribution in [1.29, 1.82) is 0 Å². The minimum atomic E-state index is -3.68. The van der Waals surface area contributed by atoms with E-state index in [-0.39, 0.29) is 18.6 Å². The van der Waals surface area contributed by atoms with Crippen molar-refractivity contribution in [2.75, 3.05) is 23.7 Å². The lowest BCUT2D eigenvalue weighted by Gasteiger charge is -2.25. The molecule has 2 amide bonds. The van der Waals surface area contributed by atoms with E-state index < -0.39 is 22.5 Å². The molecule has 10 heteroatoms. The second kappa shape index (κ2) is 12.5. The molecule has 2 aromatic carbocycles. The maximum atomic E-state index is 12.4. The molecule has 0 atom stereocenters. The fourth-order valence-electron chi connectivity index (χ4n) is 4.22. The van der Waals surface area contributed by atoms with Gasteiger partial charge >= 0.3 is 0 Å². The van der Waals surface area contributed by atoms with Crippen molar-refractivity contribution >= 4 is 33.7 Å². The van der Waals surface area contributed by atoms with E-state index >= 15 is 0 Å². The van der Waals surface area contributed by atoms with Gasteiger partial charge in [0.2, 0.25) is 10.0 Å². The number of rotatable bonds is 10. The van der Waals surface area contributed by atoms with Crippen LogP contribution in [0.1, 0.15) is 48.8 Å². The van der Waals surface area contributed by atoms with E-state index in [2.05, 4.69) is 15.8 Å². The Morgan fingerprint density at radius 1 is 1.03 bits per heavy atom. The predicted molar refractivity (Wildman–Crippen MR) is 141 cm³/mol. The molecule has 0 unspecified atom stereocenters. The van der Waals surface area contributed by atoms with Gasteiger partial charge in [-0.3, -0.25) is 13.9 Å². The highest BCUT2D eigenvalue weighted by Gasteiger charge is 2.23. The number of aryl methyl sites for hydroxylation is 2. The average molecular weight is 515 g/mol. The molecule has 0 bridgehead atoms. The highest BCUT2D eigenvalue weighted by molar-refractivity contribution is 7.92. The summed E-state index contributed by atoms with van der Waals surface area (Å²) in [7, 11) is -3.68. The third-order valence-corrected chi connectivity index (χ3v) is 7.11. The van der Waals surface area contributed by atoms with Crippen LogP contribution in [0.5, 0.6) is 5.75 Å². The van der Waals surface area contributed by atoms with Gasteiger partial charge in [-0.25, -0.2) is 13.8 Å². The quantitative estimate of drug-likeness (QED) is 0.373. The predicted octanol–water partition coefficient (Wildman–Crippen LogP) is 3.05. The van der Waals surface area contributed by atoms with Gasteiger partial charge in [0.05, 0.1) is 18.2 Å². The summed E-state index contributed by atoms with van der Waals surface area (Å²) < 4.78 is 31.4. The Kier molecular flexibility index (Phi) is 9.46. The van der Waals surface area contributed by atoms with E-state index in [0.29, 0.717) is 17.0 Å². The number of ether oxygens (including phenoxy) is 1. The lowest BCUT2D eigenvalue weighted by atomic mass is 9.95. The number of nitrogens with one attached hydrogen (secondary N) is 2. The van der Waals surface area contributed by atoms with Crippen molar-refractivity contribution in [3.63, 3.8) is 0 Å². The average Bonchev–Trinajstić information content (AvgIpc) is 2.83. The fourth-order valence-corrected chi connectivity index (χ4v) is 5.19. The largest absolute Gasteiger partial charge is 0.484 e. The molecule has 1 saturated carbocycles. The maximum Gasteiger partial charge on any atom is 0.260 e. The van der Waals surface area contributed by atoms with Crippen molar-refractivity contribution in [3.8, 4) is 5.75 Å². The van der Waals surface area contributed by atoms with Gasteiger partial charge in [-0.1, -0.05) is 37.5 Å². The van der Waals surface area contributed by atoms with Gasteiger partial charge in [0, 0.05) is 6.04 Å². The lowest BCUT2D eigenvalue weighted by Crippen LogP contribution is -2.39. The summed E-state index contributed by atoms with van der Waals surface area (Å²) in [5.74, 6) is -0.144. The Hall–Kier alpha value is -3.40. The molecule has 9 nitrogen and oxygen atoms in total. The van der Waals surface area contributed by atoms with Crippen LogP contribution in [0, 0.1) is 13.8 Å². The van der Waals surface area contributed by atoms with Crippen LogP contribution in [-0.2, 0) is 19.6 Å². The van der Waals surface area contributed by atoms with Gasteiger partial charge in [0.15, 0.2) is 6.61 Å². The number of para-hydroxylation sites is 1. The normalized spacial score (nSPS) is 14.4. The van der Waals surface area contributed by atoms with E-state index in [1.807, 2.05) is 6.07 Å². The monoisotopic (exact) mass is 514 g/mol. The first-order chi connectivity index (χ1) is 17.1. The highest BCUT2D eigenvalue weighted by atomic mass is 32.2. The molecule has 1 aliphatic carbocycles. The van der Waals surface area contributed by atoms with Crippen molar-refractivity contribution in [1.82, 2.24) is 10.7 Å². The summed E-state index contributed by atoms with van der Waals surface area (Å²) in [6, 6.07) is 12.6. The summed E-state index contributed by atoms with van der Waals surface area (Å²) in [6.07, 6.45) is 8.09.